The van der Waals surface area contributed by atoms with Gasteiger partial charge in [0.1, 0.15) is 0 Å². The van der Waals surface area contributed by atoms with Crippen molar-refractivity contribution >= 4 is 5.91 Å². The van der Waals surface area contributed by atoms with E-state index in [-0.39, 0.29) is 5.92 Å². The van der Waals surface area contributed by atoms with Crippen molar-refractivity contribution in [2.45, 2.75) is 78.2 Å². The van der Waals surface area contributed by atoms with E-state index in [1.54, 1.807) is 0 Å². The van der Waals surface area contributed by atoms with Gasteiger partial charge in [0.15, 0.2) is 0 Å². The Kier molecular flexibility index (Phi) is 5.26. The minimum atomic E-state index is 0.288. The predicted molar refractivity (Wildman–Crippen MR) is 94.6 cm³/mol. The Hall–Kier alpha value is -1.39. The summed E-state index contributed by atoms with van der Waals surface area (Å²) in [6.07, 6.45) is 10.9. The zero-order chi connectivity index (χ0) is 17.2. The van der Waals surface area contributed by atoms with Crippen LogP contribution in [0.25, 0.3) is 0 Å². The smallest absolute Gasteiger partial charge is 0.226 e. The highest BCUT2D eigenvalue weighted by Crippen LogP contribution is 2.58. The van der Waals surface area contributed by atoms with Crippen molar-refractivity contribution < 1.29 is 4.79 Å². The Morgan fingerprint density at radius 2 is 1.96 bits per heavy atom. The normalized spacial score (nSPS) is 23.5. The van der Waals surface area contributed by atoms with Crippen molar-refractivity contribution in [3.8, 4) is 0 Å². The first-order valence-electron chi connectivity index (χ1n) is 9.83. The summed E-state index contributed by atoms with van der Waals surface area (Å²) < 4.78 is 2.03. The third kappa shape index (κ3) is 3.35. The summed E-state index contributed by atoms with van der Waals surface area (Å²) >= 11 is 0. The SMILES string of the molecule is CCCCc1cn(C2CCN(C(=O)C3CC3(CC)CC)CC2)nn1. The fourth-order valence-electron chi connectivity index (χ4n) is 4.26. The molecule has 134 valence electrons. The van der Waals surface area contributed by atoms with Gasteiger partial charge in [-0.2, -0.15) is 0 Å². The topological polar surface area (TPSA) is 51.0 Å². The minimum Gasteiger partial charge on any atom is -0.342 e. The van der Waals surface area contributed by atoms with Crippen molar-refractivity contribution in [2.75, 3.05) is 13.1 Å². The Bertz CT molecular complexity index is 555. The van der Waals surface area contributed by atoms with Crippen LogP contribution in [0.1, 0.15) is 77.5 Å². The van der Waals surface area contributed by atoms with E-state index in [1.807, 2.05) is 4.68 Å². The molecule has 0 bridgehead atoms. The van der Waals surface area contributed by atoms with Gasteiger partial charge in [0.05, 0.1) is 11.7 Å². The zero-order valence-corrected chi connectivity index (χ0v) is 15.5. The first kappa shape index (κ1) is 17.4. The van der Waals surface area contributed by atoms with Crippen LogP contribution in [0.5, 0.6) is 0 Å². The number of amides is 1. The molecule has 1 aromatic rings. The molecule has 24 heavy (non-hydrogen) atoms. The van der Waals surface area contributed by atoms with Gasteiger partial charge in [-0.3, -0.25) is 4.79 Å². The Morgan fingerprint density at radius 3 is 2.54 bits per heavy atom. The molecule has 2 fully saturated rings. The second-order valence-corrected chi connectivity index (χ2v) is 7.68. The summed E-state index contributed by atoms with van der Waals surface area (Å²) in [6, 6.07) is 0.401. The molecule has 0 aromatic carbocycles. The van der Waals surface area contributed by atoms with E-state index in [2.05, 4.69) is 42.2 Å². The van der Waals surface area contributed by atoms with E-state index in [9.17, 15) is 4.79 Å². The number of hydrogen-bond donors (Lipinski definition) is 0. The van der Waals surface area contributed by atoms with E-state index < -0.39 is 0 Å². The van der Waals surface area contributed by atoms with Crippen LogP contribution in [0.15, 0.2) is 6.20 Å². The van der Waals surface area contributed by atoms with Gasteiger partial charge in [-0.15, -0.1) is 5.10 Å². The molecule has 2 heterocycles. The maximum atomic E-state index is 12.8. The van der Waals surface area contributed by atoms with E-state index in [0.717, 1.165) is 57.3 Å². The lowest BCUT2D eigenvalue weighted by Gasteiger charge is -2.32. The number of piperidine rings is 1. The number of likely N-dealkylation sites (tertiary alicyclic amines) is 1. The molecule has 1 aliphatic carbocycles. The van der Waals surface area contributed by atoms with Crippen molar-refractivity contribution in [1.82, 2.24) is 19.9 Å². The molecule has 5 nitrogen and oxygen atoms in total. The lowest BCUT2D eigenvalue weighted by atomic mass is 9.96. The lowest BCUT2D eigenvalue weighted by Crippen LogP contribution is -2.40. The molecule has 1 saturated carbocycles. The summed E-state index contributed by atoms with van der Waals surface area (Å²) in [4.78, 5) is 14.9. The van der Waals surface area contributed by atoms with Gasteiger partial charge in [0.25, 0.3) is 0 Å². The van der Waals surface area contributed by atoms with Crippen LogP contribution in [0.2, 0.25) is 0 Å². The van der Waals surface area contributed by atoms with Crippen molar-refractivity contribution in [3.63, 3.8) is 0 Å². The number of rotatable bonds is 7. The Labute approximate surface area is 145 Å². The molecule has 1 aliphatic heterocycles. The van der Waals surface area contributed by atoms with Gasteiger partial charge in [-0.1, -0.05) is 32.4 Å². The monoisotopic (exact) mass is 332 g/mol. The molecule has 1 saturated heterocycles. The maximum absolute atomic E-state index is 12.8. The molecule has 2 aliphatic rings. The quantitative estimate of drug-likeness (QED) is 0.766. The van der Waals surface area contributed by atoms with Crippen LogP contribution in [0.4, 0.5) is 0 Å². The van der Waals surface area contributed by atoms with E-state index >= 15 is 0 Å². The predicted octanol–water partition coefficient (Wildman–Crippen LogP) is 3.61. The summed E-state index contributed by atoms with van der Waals surface area (Å²) in [5, 5.41) is 8.62. The Morgan fingerprint density at radius 1 is 1.25 bits per heavy atom. The van der Waals surface area contributed by atoms with Crippen LogP contribution in [-0.2, 0) is 11.2 Å². The van der Waals surface area contributed by atoms with Crippen LogP contribution < -0.4 is 0 Å². The van der Waals surface area contributed by atoms with Crippen molar-refractivity contribution in [2.24, 2.45) is 11.3 Å². The highest BCUT2D eigenvalue weighted by molar-refractivity contribution is 5.82. The maximum Gasteiger partial charge on any atom is 0.226 e. The van der Waals surface area contributed by atoms with Gasteiger partial charge >= 0.3 is 0 Å². The lowest BCUT2D eigenvalue weighted by molar-refractivity contribution is -0.134. The molecule has 1 aromatic heterocycles. The van der Waals surface area contributed by atoms with Crippen LogP contribution in [0, 0.1) is 11.3 Å². The third-order valence-electron chi connectivity index (χ3n) is 6.39. The number of aromatic nitrogens is 3. The van der Waals surface area contributed by atoms with E-state index in [0.29, 0.717) is 17.4 Å². The highest BCUT2D eigenvalue weighted by Gasteiger charge is 2.56. The molecule has 0 radical (unpaired) electrons. The average Bonchev–Trinajstić information content (AvgIpc) is 3.19. The van der Waals surface area contributed by atoms with Crippen LogP contribution in [0.3, 0.4) is 0 Å². The second kappa shape index (κ2) is 7.24. The molecule has 0 N–H and O–H groups in total. The third-order valence-corrected chi connectivity index (χ3v) is 6.39. The minimum absolute atomic E-state index is 0.288. The standard InChI is InChI=1S/C19H32N4O/c1-4-7-8-15-14-23(21-20-15)16-9-11-22(12-10-16)18(24)17-13-19(17,5-2)6-3/h14,16-17H,4-13H2,1-3H3. The van der Waals surface area contributed by atoms with Gasteiger partial charge in [0, 0.05) is 25.2 Å². The highest BCUT2D eigenvalue weighted by atomic mass is 16.2. The molecule has 0 spiro atoms. The van der Waals surface area contributed by atoms with Gasteiger partial charge in [-0.25, -0.2) is 4.68 Å². The number of nitrogens with zero attached hydrogens (tertiary/aromatic N) is 4. The number of aryl methyl sites for hydroxylation is 1. The first-order valence-corrected chi connectivity index (χ1v) is 9.83. The second-order valence-electron chi connectivity index (χ2n) is 7.68. The molecule has 3 rings (SSSR count). The molecule has 1 atom stereocenters. The van der Waals surface area contributed by atoms with Crippen molar-refractivity contribution in [3.05, 3.63) is 11.9 Å². The fraction of sp³-hybridized carbons (Fsp3) is 0.842. The van der Waals surface area contributed by atoms with Gasteiger partial charge in [-0.05, 0) is 50.4 Å². The van der Waals surface area contributed by atoms with Gasteiger partial charge in [0.2, 0.25) is 5.91 Å². The van der Waals surface area contributed by atoms with Crippen molar-refractivity contribution in [1.29, 1.82) is 0 Å². The molecular weight excluding hydrogens is 300 g/mol. The van der Waals surface area contributed by atoms with Crippen LogP contribution in [-0.4, -0.2) is 38.9 Å². The number of hydrogen-bond acceptors (Lipinski definition) is 3. The number of unbranched alkanes of at least 4 members (excludes halogenated alkanes) is 1. The molecule has 5 heteroatoms. The largest absolute Gasteiger partial charge is 0.342 e. The molecular formula is C19H32N4O. The molecule has 1 unspecified atom stereocenters. The summed E-state index contributed by atoms with van der Waals surface area (Å²) in [5.41, 5.74) is 1.41. The van der Waals surface area contributed by atoms with Crippen LogP contribution >= 0.6 is 0 Å². The number of carbonyl (C=O) groups is 1. The van der Waals surface area contributed by atoms with E-state index in [4.69, 9.17) is 0 Å². The zero-order valence-electron chi connectivity index (χ0n) is 15.5. The van der Waals surface area contributed by atoms with Gasteiger partial charge < -0.3 is 4.90 Å². The average molecular weight is 332 g/mol. The fourth-order valence-corrected chi connectivity index (χ4v) is 4.26. The summed E-state index contributed by atoms with van der Waals surface area (Å²) in [6.45, 7) is 8.39. The molecule has 1 amide bonds. The summed E-state index contributed by atoms with van der Waals surface area (Å²) in [5.74, 6) is 0.690. The van der Waals surface area contributed by atoms with E-state index in [1.165, 1.54) is 12.8 Å². The Balaban J connectivity index is 1.51. The summed E-state index contributed by atoms with van der Waals surface area (Å²) in [7, 11) is 0. The number of carbonyl (C=O) groups excluding carboxylic acids is 1. The first-order chi connectivity index (χ1) is 11.6.